The fraction of sp³-hybridized carbons (Fsp3) is 0.500. The summed E-state index contributed by atoms with van der Waals surface area (Å²) in [7, 11) is 1.60. The highest BCUT2D eigenvalue weighted by Gasteiger charge is 2.22. The summed E-state index contributed by atoms with van der Waals surface area (Å²) in [6.07, 6.45) is 4.79. The summed E-state index contributed by atoms with van der Waals surface area (Å²) in [6, 6.07) is 5.76. The molecule has 1 saturated carbocycles. The zero-order valence-corrected chi connectivity index (χ0v) is 10.8. The number of ether oxygens (including phenoxy) is 1. The van der Waals surface area contributed by atoms with E-state index in [9.17, 15) is 4.79 Å². The molecule has 1 unspecified atom stereocenters. The lowest BCUT2D eigenvalue weighted by molar-refractivity contribution is -0.124. The normalized spacial score (nSPS) is 20.4. The second kappa shape index (κ2) is 5.54. The molecular weight excluding hydrogens is 236 g/mol. The molecular formula is C14H17ClO2. The molecule has 1 aromatic rings. The van der Waals surface area contributed by atoms with Crippen LogP contribution in [0.2, 0.25) is 5.02 Å². The van der Waals surface area contributed by atoms with Crippen LogP contribution in [0.3, 0.4) is 0 Å². The number of ketones is 1. The van der Waals surface area contributed by atoms with E-state index in [1.54, 1.807) is 7.11 Å². The first kappa shape index (κ1) is 12.4. The summed E-state index contributed by atoms with van der Waals surface area (Å²) < 4.78 is 5.11. The van der Waals surface area contributed by atoms with Gasteiger partial charge in [0, 0.05) is 12.3 Å². The SMILES string of the molecule is COc1ccc(CC2CCCCC2=O)cc1Cl. The van der Waals surface area contributed by atoms with Gasteiger partial charge in [-0.3, -0.25) is 4.79 Å². The first-order chi connectivity index (χ1) is 8.20. The van der Waals surface area contributed by atoms with Crippen molar-refractivity contribution in [3.05, 3.63) is 28.8 Å². The van der Waals surface area contributed by atoms with Crippen LogP contribution in [-0.4, -0.2) is 12.9 Å². The van der Waals surface area contributed by atoms with Gasteiger partial charge in [0.25, 0.3) is 0 Å². The molecule has 92 valence electrons. The topological polar surface area (TPSA) is 26.3 Å². The second-order valence-electron chi connectivity index (χ2n) is 4.58. The van der Waals surface area contributed by atoms with E-state index in [1.165, 1.54) is 6.42 Å². The Morgan fingerprint density at radius 1 is 1.41 bits per heavy atom. The summed E-state index contributed by atoms with van der Waals surface area (Å²) >= 11 is 6.07. The third-order valence-corrected chi connectivity index (χ3v) is 3.67. The fourth-order valence-corrected chi connectivity index (χ4v) is 2.67. The molecule has 1 aromatic carbocycles. The van der Waals surface area contributed by atoms with Crippen molar-refractivity contribution < 1.29 is 9.53 Å². The van der Waals surface area contributed by atoms with Crippen LogP contribution in [0.4, 0.5) is 0 Å². The van der Waals surface area contributed by atoms with E-state index in [-0.39, 0.29) is 5.92 Å². The van der Waals surface area contributed by atoms with E-state index in [2.05, 4.69) is 0 Å². The summed E-state index contributed by atoms with van der Waals surface area (Å²) in [5, 5.41) is 0.619. The monoisotopic (exact) mass is 252 g/mol. The largest absolute Gasteiger partial charge is 0.495 e. The Kier molecular flexibility index (Phi) is 4.06. The number of carbonyl (C=O) groups is 1. The summed E-state index contributed by atoms with van der Waals surface area (Å²) in [5.74, 6) is 1.28. The van der Waals surface area contributed by atoms with Crippen LogP contribution < -0.4 is 4.74 Å². The molecule has 1 aliphatic rings. The van der Waals surface area contributed by atoms with Crippen LogP contribution in [0, 0.1) is 5.92 Å². The van der Waals surface area contributed by atoms with Crippen molar-refractivity contribution in [1.29, 1.82) is 0 Å². The first-order valence-corrected chi connectivity index (χ1v) is 6.43. The molecule has 0 amide bonds. The molecule has 2 nitrogen and oxygen atoms in total. The summed E-state index contributed by atoms with van der Waals surface area (Å²) in [4.78, 5) is 11.7. The van der Waals surface area contributed by atoms with Crippen molar-refractivity contribution in [3.63, 3.8) is 0 Å². The maximum atomic E-state index is 11.7. The molecule has 1 atom stereocenters. The lowest BCUT2D eigenvalue weighted by Gasteiger charge is -2.20. The molecule has 0 bridgehead atoms. The first-order valence-electron chi connectivity index (χ1n) is 6.06. The second-order valence-corrected chi connectivity index (χ2v) is 4.99. The molecule has 0 aromatic heterocycles. The molecule has 1 fully saturated rings. The number of Topliss-reactive ketones (excluding diaryl/α,β-unsaturated/α-hetero) is 1. The highest BCUT2D eigenvalue weighted by Crippen LogP contribution is 2.29. The van der Waals surface area contributed by atoms with Crippen molar-refractivity contribution in [2.24, 2.45) is 5.92 Å². The Balaban J connectivity index is 2.07. The zero-order chi connectivity index (χ0) is 12.3. The average molecular weight is 253 g/mol. The third kappa shape index (κ3) is 3.01. The summed E-state index contributed by atoms with van der Waals surface area (Å²) in [6.45, 7) is 0. The van der Waals surface area contributed by atoms with E-state index in [0.717, 1.165) is 31.2 Å². The Hall–Kier alpha value is -1.02. The quantitative estimate of drug-likeness (QED) is 0.821. The predicted octanol–water partition coefficient (Wildman–Crippen LogP) is 3.65. The Morgan fingerprint density at radius 3 is 2.88 bits per heavy atom. The third-order valence-electron chi connectivity index (χ3n) is 3.38. The lowest BCUT2D eigenvalue weighted by Crippen LogP contribution is -2.21. The zero-order valence-electron chi connectivity index (χ0n) is 10.0. The molecule has 3 heteroatoms. The number of halogens is 1. The summed E-state index contributed by atoms with van der Waals surface area (Å²) in [5.41, 5.74) is 1.12. The minimum Gasteiger partial charge on any atom is -0.495 e. The minimum absolute atomic E-state index is 0.188. The van der Waals surface area contributed by atoms with Crippen LogP contribution in [0.15, 0.2) is 18.2 Å². The minimum atomic E-state index is 0.188. The van der Waals surface area contributed by atoms with E-state index in [0.29, 0.717) is 16.6 Å². The van der Waals surface area contributed by atoms with Gasteiger partial charge in [-0.05, 0) is 37.0 Å². The fourth-order valence-electron chi connectivity index (χ4n) is 2.39. The van der Waals surface area contributed by atoms with Gasteiger partial charge in [0.15, 0.2) is 0 Å². The number of carbonyl (C=O) groups excluding carboxylic acids is 1. The predicted molar refractivity (Wildman–Crippen MR) is 68.7 cm³/mol. The van der Waals surface area contributed by atoms with Gasteiger partial charge in [-0.2, -0.15) is 0 Å². The number of methoxy groups -OCH3 is 1. The standard InChI is InChI=1S/C14H17ClO2/c1-17-14-7-6-10(9-12(14)15)8-11-4-2-3-5-13(11)16/h6-7,9,11H,2-5,8H2,1H3. The molecule has 0 heterocycles. The van der Waals surface area contributed by atoms with Crippen LogP contribution in [0.5, 0.6) is 5.75 Å². The Bertz CT molecular complexity index is 415. The number of hydrogen-bond acceptors (Lipinski definition) is 2. The van der Waals surface area contributed by atoms with Gasteiger partial charge in [0.2, 0.25) is 0 Å². The van der Waals surface area contributed by atoms with Crippen LogP contribution in [0.1, 0.15) is 31.2 Å². The van der Waals surface area contributed by atoms with E-state index >= 15 is 0 Å². The molecule has 0 saturated heterocycles. The van der Waals surface area contributed by atoms with E-state index in [4.69, 9.17) is 16.3 Å². The van der Waals surface area contributed by atoms with E-state index in [1.807, 2.05) is 18.2 Å². The van der Waals surface area contributed by atoms with Gasteiger partial charge in [0.05, 0.1) is 12.1 Å². The van der Waals surface area contributed by atoms with E-state index < -0.39 is 0 Å². The van der Waals surface area contributed by atoms with Crippen molar-refractivity contribution >= 4 is 17.4 Å². The van der Waals surface area contributed by atoms with Crippen LogP contribution in [-0.2, 0) is 11.2 Å². The maximum Gasteiger partial charge on any atom is 0.137 e. The van der Waals surface area contributed by atoms with Gasteiger partial charge in [-0.25, -0.2) is 0 Å². The molecule has 0 N–H and O–H groups in total. The molecule has 17 heavy (non-hydrogen) atoms. The van der Waals surface area contributed by atoms with Crippen molar-refractivity contribution in [2.45, 2.75) is 32.1 Å². The number of benzene rings is 1. The molecule has 2 rings (SSSR count). The van der Waals surface area contributed by atoms with Gasteiger partial charge in [0.1, 0.15) is 11.5 Å². The highest BCUT2D eigenvalue weighted by molar-refractivity contribution is 6.32. The Morgan fingerprint density at radius 2 is 2.24 bits per heavy atom. The van der Waals surface area contributed by atoms with Gasteiger partial charge in [-0.1, -0.05) is 24.1 Å². The number of rotatable bonds is 3. The van der Waals surface area contributed by atoms with Gasteiger partial charge < -0.3 is 4.74 Å². The van der Waals surface area contributed by atoms with Crippen molar-refractivity contribution in [2.75, 3.05) is 7.11 Å². The van der Waals surface area contributed by atoms with Crippen LogP contribution in [0.25, 0.3) is 0 Å². The molecule has 0 spiro atoms. The Labute approximate surface area is 107 Å². The molecule has 0 aliphatic heterocycles. The smallest absolute Gasteiger partial charge is 0.137 e. The maximum absolute atomic E-state index is 11.7. The van der Waals surface area contributed by atoms with Gasteiger partial charge in [-0.15, -0.1) is 0 Å². The van der Waals surface area contributed by atoms with Gasteiger partial charge >= 0.3 is 0 Å². The average Bonchev–Trinajstić information content (AvgIpc) is 2.32. The van der Waals surface area contributed by atoms with Crippen LogP contribution >= 0.6 is 11.6 Å². The number of hydrogen-bond donors (Lipinski definition) is 0. The van der Waals surface area contributed by atoms with Crippen molar-refractivity contribution in [3.8, 4) is 5.75 Å². The van der Waals surface area contributed by atoms with Crippen molar-refractivity contribution in [1.82, 2.24) is 0 Å². The lowest BCUT2D eigenvalue weighted by atomic mass is 9.84. The molecule has 0 radical (unpaired) electrons. The highest BCUT2D eigenvalue weighted by atomic mass is 35.5. The molecule has 1 aliphatic carbocycles.